The maximum atomic E-state index is 13.5. The molecule has 1 saturated heterocycles. The van der Waals surface area contributed by atoms with Gasteiger partial charge in [0, 0.05) is 37.5 Å². The van der Waals surface area contributed by atoms with E-state index in [1.807, 2.05) is 72.1 Å². The van der Waals surface area contributed by atoms with Crippen LogP contribution >= 0.6 is 0 Å². The van der Waals surface area contributed by atoms with Gasteiger partial charge in [-0.05, 0) is 66.8 Å². The predicted molar refractivity (Wildman–Crippen MR) is 155 cm³/mol. The van der Waals surface area contributed by atoms with Gasteiger partial charge in [0.15, 0.2) is 11.4 Å². The van der Waals surface area contributed by atoms with E-state index in [0.29, 0.717) is 41.6 Å². The lowest BCUT2D eigenvalue weighted by Crippen LogP contribution is -2.41. The van der Waals surface area contributed by atoms with Crippen LogP contribution in [-0.2, 0) is 7.05 Å². The van der Waals surface area contributed by atoms with Crippen molar-refractivity contribution >= 4 is 17.0 Å². The number of hydrogen-bond acceptors (Lipinski definition) is 8. The molecule has 0 N–H and O–H groups in total. The van der Waals surface area contributed by atoms with E-state index in [1.54, 1.807) is 23.4 Å². The van der Waals surface area contributed by atoms with Crippen molar-refractivity contribution < 1.29 is 9.21 Å². The normalized spacial score (nSPS) is 14.9. The molecule has 5 heterocycles. The van der Waals surface area contributed by atoms with E-state index in [9.17, 15) is 4.79 Å². The number of amides is 1. The van der Waals surface area contributed by atoms with Crippen LogP contribution in [0.1, 0.15) is 40.8 Å². The Morgan fingerprint density at radius 3 is 2.60 bits per heavy atom. The smallest absolute Gasteiger partial charge is 0.272 e. The minimum atomic E-state index is -0.101. The number of fused-ring (bicyclic) bond motifs is 1. The van der Waals surface area contributed by atoms with Crippen LogP contribution in [0.5, 0.6) is 0 Å². The van der Waals surface area contributed by atoms with Gasteiger partial charge in [0.05, 0.1) is 18.2 Å². The fraction of sp³-hybridized carbons (Fsp3) is 0.258. The van der Waals surface area contributed by atoms with Crippen LogP contribution in [-0.4, -0.2) is 63.6 Å². The summed E-state index contributed by atoms with van der Waals surface area (Å²) in [5.74, 6) is 1.25. The summed E-state index contributed by atoms with van der Waals surface area (Å²) in [4.78, 5) is 30.5. The molecule has 0 bridgehead atoms. The van der Waals surface area contributed by atoms with E-state index < -0.39 is 0 Å². The number of benzene rings is 2. The van der Waals surface area contributed by atoms with Crippen molar-refractivity contribution in [2.75, 3.05) is 13.1 Å². The first kappa shape index (κ1) is 25.8. The van der Waals surface area contributed by atoms with E-state index in [2.05, 4.69) is 37.5 Å². The van der Waals surface area contributed by atoms with Crippen LogP contribution in [0.15, 0.2) is 83.8 Å². The van der Waals surface area contributed by atoms with Gasteiger partial charge < -0.3 is 13.9 Å². The molecule has 0 radical (unpaired) electrons. The molecule has 7 rings (SSSR count). The summed E-state index contributed by atoms with van der Waals surface area (Å²) in [6.07, 6.45) is 6.85. The van der Waals surface area contributed by atoms with Gasteiger partial charge in [-0.1, -0.05) is 30.3 Å². The Hall–Kier alpha value is -5.19. The van der Waals surface area contributed by atoms with Gasteiger partial charge in [-0.25, -0.2) is 9.97 Å². The topological polar surface area (TPSA) is 121 Å². The second kappa shape index (κ2) is 10.7. The Morgan fingerprint density at radius 2 is 1.86 bits per heavy atom. The molecule has 6 aromatic rings. The van der Waals surface area contributed by atoms with Crippen LogP contribution in [0.3, 0.4) is 0 Å². The Bertz CT molecular complexity index is 1870. The summed E-state index contributed by atoms with van der Waals surface area (Å²) >= 11 is 0. The molecule has 1 amide bonds. The van der Waals surface area contributed by atoms with Crippen LogP contribution in [0.4, 0.5) is 0 Å². The van der Waals surface area contributed by atoms with E-state index in [1.165, 1.54) is 0 Å². The third-order valence-electron chi connectivity index (χ3n) is 7.92. The number of likely N-dealkylation sites (tertiary alicyclic amines) is 1. The Kier molecular flexibility index (Phi) is 6.54. The number of rotatable bonds is 6. The maximum absolute atomic E-state index is 13.5. The summed E-state index contributed by atoms with van der Waals surface area (Å²) < 4.78 is 8.02. The number of imidazole rings is 1. The molecule has 42 heavy (non-hydrogen) atoms. The highest BCUT2D eigenvalue weighted by atomic mass is 16.3. The summed E-state index contributed by atoms with van der Waals surface area (Å²) in [5, 5.41) is 12.9. The molecule has 11 heteroatoms. The first-order valence-electron chi connectivity index (χ1n) is 14.0. The molecule has 0 aliphatic carbocycles. The van der Waals surface area contributed by atoms with Gasteiger partial charge in [0.25, 0.3) is 5.91 Å². The minimum Gasteiger partial charge on any atom is -0.436 e. The van der Waals surface area contributed by atoms with Crippen molar-refractivity contribution in [1.29, 1.82) is 0 Å². The molecule has 1 fully saturated rings. The molecular formula is C31H29N9O2. The first-order valence-corrected chi connectivity index (χ1v) is 14.0. The number of aryl methyl sites for hydroxylation is 2. The number of pyridine rings is 1. The van der Waals surface area contributed by atoms with Gasteiger partial charge in [0.1, 0.15) is 17.3 Å². The molecule has 4 aromatic heterocycles. The van der Waals surface area contributed by atoms with Crippen LogP contribution < -0.4 is 0 Å². The molecule has 1 atom stereocenters. The zero-order valence-electron chi connectivity index (χ0n) is 23.3. The standard InChI is InChI=1S/C31H29N9O2/c1-20-35-37-40(36-20)29(21-6-4-3-5-7-21)22-11-14-39(15-12-22)31(41)26-17-24(10-13-33-26)30-34-25-16-23(8-9-28(25)42-30)27-18-32-19-38(27)2/h3-10,13,16-19,22,29H,11-12,14-15H2,1-2H3. The van der Waals surface area contributed by atoms with E-state index in [0.717, 1.165) is 35.2 Å². The van der Waals surface area contributed by atoms with Crippen molar-refractivity contribution in [2.45, 2.75) is 25.8 Å². The zero-order chi connectivity index (χ0) is 28.6. The van der Waals surface area contributed by atoms with E-state index >= 15 is 0 Å². The zero-order valence-corrected chi connectivity index (χ0v) is 23.3. The number of carbonyl (C=O) groups is 1. The molecule has 11 nitrogen and oxygen atoms in total. The molecule has 1 unspecified atom stereocenters. The van der Waals surface area contributed by atoms with Crippen molar-refractivity contribution in [3.63, 3.8) is 0 Å². The Balaban J connectivity index is 1.08. The van der Waals surface area contributed by atoms with E-state index in [-0.39, 0.29) is 17.9 Å². The lowest BCUT2D eigenvalue weighted by Gasteiger charge is -2.35. The lowest BCUT2D eigenvalue weighted by atomic mass is 9.85. The average Bonchev–Trinajstić information content (AvgIpc) is 3.77. The summed E-state index contributed by atoms with van der Waals surface area (Å²) in [7, 11) is 1.95. The third-order valence-corrected chi connectivity index (χ3v) is 7.92. The highest BCUT2D eigenvalue weighted by Gasteiger charge is 2.32. The summed E-state index contributed by atoms with van der Waals surface area (Å²) in [5.41, 5.74) is 5.62. The number of aromatic nitrogens is 8. The molecule has 0 spiro atoms. The van der Waals surface area contributed by atoms with Gasteiger partial charge >= 0.3 is 0 Å². The number of piperidine rings is 1. The van der Waals surface area contributed by atoms with Crippen molar-refractivity contribution in [3.8, 4) is 22.7 Å². The van der Waals surface area contributed by atoms with Gasteiger partial charge in [-0.15, -0.1) is 10.2 Å². The highest BCUT2D eigenvalue weighted by molar-refractivity contribution is 5.93. The Morgan fingerprint density at radius 1 is 1.02 bits per heavy atom. The minimum absolute atomic E-state index is 0.0383. The maximum Gasteiger partial charge on any atom is 0.272 e. The van der Waals surface area contributed by atoms with E-state index in [4.69, 9.17) is 9.40 Å². The van der Waals surface area contributed by atoms with Crippen LogP contribution in [0.25, 0.3) is 33.8 Å². The second-order valence-corrected chi connectivity index (χ2v) is 10.7. The van der Waals surface area contributed by atoms with Crippen LogP contribution in [0.2, 0.25) is 0 Å². The summed E-state index contributed by atoms with van der Waals surface area (Å²) in [6.45, 7) is 3.08. The first-order chi connectivity index (χ1) is 20.5. The number of nitrogens with zero attached hydrogens (tertiary/aromatic N) is 9. The monoisotopic (exact) mass is 559 g/mol. The summed E-state index contributed by atoms with van der Waals surface area (Å²) in [6, 6.07) is 19.7. The number of oxazole rings is 1. The Labute approximate surface area is 241 Å². The lowest BCUT2D eigenvalue weighted by molar-refractivity contribution is 0.0658. The number of tetrazole rings is 1. The number of hydrogen-bond donors (Lipinski definition) is 0. The van der Waals surface area contributed by atoms with Crippen molar-refractivity contribution in [2.24, 2.45) is 13.0 Å². The molecular weight excluding hydrogens is 530 g/mol. The molecule has 0 saturated carbocycles. The molecule has 1 aliphatic rings. The molecule has 2 aromatic carbocycles. The van der Waals surface area contributed by atoms with Crippen LogP contribution in [0, 0.1) is 12.8 Å². The SMILES string of the molecule is Cc1nnn(C(c2ccccc2)C2CCN(C(=O)c3cc(-c4nc5cc(-c6cncn6C)ccc5o4)ccn3)CC2)n1. The fourth-order valence-corrected chi connectivity index (χ4v) is 5.77. The third kappa shape index (κ3) is 4.83. The van der Waals surface area contributed by atoms with Crippen molar-refractivity contribution in [1.82, 2.24) is 44.6 Å². The predicted octanol–water partition coefficient (Wildman–Crippen LogP) is 4.73. The van der Waals surface area contributed by atoms with Gasteiger partial charge in [0.2, 0.25) is 5.89 Å². The molecule has 210 valence electrons. The van der Waals surface area contributed by atoms with Gasteiger partial charge in [-0.2, -0.15) is 4.80 Å². The fourth-order valence-electron chi connectivity index (χ4n) is 5.77. The molecule has 1 aliphatic heterocycles. The largest absolute Gasteiger partial charge is 0.436 e. The second-order valence-electron chi connectivity index (χ2n) is 10.7. The quantitative estimate of drug-likeness (QED) is 0.287. The highest BCUT2D eigenvalue weighted by Crippen LogP contribution is 2.34. The number of carbonyl (C=O) groups excluding carboxylic acids is 1. The van der Waals surface area contributed by atoms with Crippen molar-refractivity contribution in [3.05, 3.63) is 96.5 Å². The van der Waals surface area contributed by atoms with Gasteiger partial charge in [-0.3, -0.25) is 9.78 Å². The average molecular weight is 560 g/mol.